The summed E-state index contributed by atoms with van der Waals surface area (Å²) in [7, 11) is 0.890. The van der Waals surface area contributed by atoms with E-state index in [-0.39, 0.29) is 16.2 Å². The molecule has 0 aromatic heterocycles. The van der Waals surface area contributed by atoms with Crippen molar-refractivity contribution in [3.8, 4) is 5.75 Å². The molecule has 0 spiro atoms. The molecular formula is C47H78NO4S+. The Hall–Kier alpha value is -2.41. The Kier molecular flexibility index (Phi) is 22.6. The average molecular weight is 753 g/mol. The van der Waals surface area contributed by atoms with E-state index < -0.39 is 10.1 Å². The van der Waals surface area contributed by atoms with Gasteiger partial charge in [0.2, 0.25) is 0 Å². The molecule has 53 heavy (non-hydrogen) atoms. The zero-order valence-corrected chi connectivity index (χ0v) is 35.6. The van der Waals surface area contributed by atoms with Crippen molar-refractivity contribution in [1.82, 2.24) is 0 Å². The third-order valence-corrected chi connectivity index (χ3v) is 12.5. The number of hydrogen-bond donors (Lipinski definition) is 2. The normalized spacial score (nSPS) is 12.2. The van der Waals surface area contributed by atoms with E-state index in [9.17, 15) is 13.5 Å². The molecule has 300 valence electrons. The molecule has 2 N–H and O–H groups in total. The molecule has 0 saturated heterocycles. The smallest absolute Gasteiger partial charge is 0.295 e. The van der Waals surface area contributed by atoms with Crippen molar-refractivity contribution < 1.29 is 22.6 Å². The molecule has 0 heterocycles. The second kappa shape index (κ2) is 25.6. The topological polar surface area (TPSA) is 74.6 Å². The van der Waals surface area contributed by atoms with Crippen LogP contribution in [0.15, 0.2) is 65.6 Å². The maximum atomic E-state index is 11.0. The van der Waals surface area contributed by atoms with Gasteiger partial charge < -0.3 is 9.59 Å². The maximum absolute atomic E-state index is 11.0. The van der Waals surface area contributed by atoms with Gasteiger partial charge in [-0.2, -0.15) is 8.42 Å². The molecule has 5 nitrogen and oxygen atoms in total. The molecule has 3 rings (SSSR count). The Morgan fingerprint density at radius 2 is 1.00 bits per heavy atom. The standard InChI is InChI=1S/C37H70N.C10H8O4S/c1-7-11-15-16-17-18-19-20-21-22-23-24-25-28-34-38(5,6)37(32-13-9-3,33-14-10-4)36-31-27-26-30-35(36)29-12-8-2;11-9-5-6-10(15(12,13)14)8-4-2-1-3-7(8)9/h26-27,30-31H,7-25,28-29,32-34H2,1-6H3;1-6,11H,(H,12,13,14)/q+1;. The summed E-state index contributed by atoms with van der Waals surface area (Å²) >= 11 is 0. The minimum absolute atomic E-state index is 0.0157. The highest BCUT2D eigenvalue weighted by Crippen LogP contribution is 2.44. The van der Waals surface area contributed by atoms with Gasteiger partial charge in [-0.1, -0.05) is 173 Å². The van der Waals surface area contributed by atoms with Gasteiger partial charge in [0.25, 0.3) is 10.1 Å². The first-order valence-corrected chi connectivity index (χ1v) is 23.0. The summed E-state index contributed by atoms with van der Waals surface area (Å²) in [5, 5.41) is 10.2. The molecule has 0 saturated carbocycles. The fourth-order valence-electron chi connectivity index (χ4n) is 8.22. The Balaban J connectivity index is 0.000000532. The van der Waals surface area contributed by atoms with Gasteiger partial charge in [0.15, 0.2) is 0 Å². The predicted molar refractivity (Wildman–Crippen MR) is 228 cm³/mol. The number of phenolic OH excluding ortho intramolecular Hbond substituents is 1. The van der Waals surface area contributed by atoms with E-state index in [2.05, 4.69) is 66.1 Å². The van der Waals surface area contributed by atoms with Gasteiger partial charge in [0.05, 0.1) is 20.6 Å². The van der Waals surface area contributed by atoms with Crippen LogP contribution in [0.2, 0.25) is 0 Å². The minimum atomic E-state index is -4.26. The highest BCUT2D eigenvalue weighted by atomic mass is 32.2. The van der Waals surface area contributed by atoms with Gasteiger partial charge in [-0.05, 0) is 56.2 Å². The van der Waals surface area contributed by atoms with Gasteiger partial charge in [-0.25, -0.2) is 0 Å². The zero-order chi connectivity index (χ0) is 39.0. The third kappa shape index (κ3) is 15.7. The summed E-state index contributed by atoms with van der Waals surface area (Å²) in [6.07, 6.45) is 31.9. The number of unbranched alkanes of at least 4 members (excludes halogenated alkanes) is 16. The molecule has 0 radical (unpaired) electrons. The lowest BCUT2D eigenvalue weighted by molar-refractivity contribution is -0.951. The van der Waals surface area contributed by atoms with E-state index in [4.69, 9.17) is 4.55 Å². The summed E-state index contributed by atoms with van der Waals surface area (Å²) < 4.78 is 32.2. The van der Waals surface area contributed by atoms with Crippen LogP contribution in [0, 0.1) is 0 Å². The van der Waals surface area contributed by atoms with Crippen LogP contribution < -0.4 is 0 Å². The maximum Gasteiger partial charge on any atom is 0.295 e. The number of aromatic hydroxyl groups is 1. The molecule has 0 aliphatic carbocycles. The lowest BCUT2D eigenvalue weighted by atomic mass is 9.75. The number of phenols is 1. The van der Waals surface area contributed by atoms with E-state index in [0.29, 0.717) is 10.8 Å². The van der Waals surface area contributed by atoms with Crippen molar-refractivity contribution in [2.24, 2.45) is 0 Å². The number of fused-ring (bicyclic) bond motifs is 1. The second-order valence-corrected chi connectivity index (χ2v) is 17.5. The average Bonchev–Trinajstić information content (AvgIpc) is 3.14. The Morgan fingerprint density at radius 3 is 1.51 bits per heavy atom. The summed E-state index contributed by atoms with van der Waals surface area (Å²) in [5.74, 6) is -0.0157. The number of hydrogen-bond acceptors (Lipinski definition) is 3. The summed E-state index contributed by atoms with van der Waals surface area (Å²) in [6.45, 7) is 10.7. The molecule has 3 aromatic carbocycles. The second-order valence-electron chi connectivity index (χ2n) is 16.1. The number of quaternary nitrogens is 1. The van der Waals surface area contributed by atoms with E-state index >= 15 is 0 Å². The van der Waals surface area contributed by atoms with Gasteiger partial charge >= 0.3 is 0 Å². The first kappa shape index (κ1) is 46.7. The molecule has 0 amide bonds. The summed E-state index contributed by atoms with van der Waals surface area (Å²) in [5.41, 5.74) is 3.58. The molecule has 3 aromatic rings. The monoisotopic (exact) mass is 753 g/mol. The number of nitrogens with zero attached hydrogens (tertiary/aromatic N) is 1. The third-order valence-electron chi connectivity index (χ3n) is 11.6. The summed E-state index contributed by atoms with van der Waals surface area (Å²) in [4.78, 5) is -0.198. The first-order valence-electron chi connectivity index (χ1n) is 21.6. The minimum Gasteiger partial charge on any atom is -0.507 e. The van der Waals surface area contributed by atoms with Crippen LogP contribution in [-0.2, 0) is 22.1 Å². The van der Waals surface area contributed by atoms with Crippen LogP contribution in [0.3, 0.4) is 0 Å². The van der Waals surface area contributed by atoms with Crippen LogP contribution in [-0.4, -0.2) is 43.2 Å². The molecule has 0 unspecified atom stereocenters. The fourth-order valence-corrected chi connectivity index (χ4v) is 8.92. The van der Waals surface area contributed by atoms with Crippen LogP contribution >= 0.6 is 0 Å². The fraction of sp³-hybridized carbons (Fsp3) is 0.660. The number of rotatable bonds is 27. The van der Waals surface area contributed by atoms with Crippen LogP contribution in [0.5, 0.6) is 5.75 Å². The quantitative estimate of drug-likeness (QED) is 0.0462. The number of benzene rings is 3. The lowest BCUT2D eigenvalue weighted by Gasteiger charge is -2.50. The van der Waals surface area contributed by atoms with Crippen molar-refractivity contribution in [2.45, 2.75) is 186 Å². The van der Waals surface area contributed by atoms with Crippen LogP contribution in [0.4, 0.5) is 0 Å². The summed E-state index contributed by atoms with van der Waals surface area (Å²) in [6, 6.07) is 18.4. The highest BCUT2D eigenvalue weighted by Gasteiger charge is 2.46. The molecule has 0 aliphatic rings. The van der Waals surface area contributed by atoms with Gasteiger partial charge in [0.1, 0.15) is 16.2 Å². The van der Waals surface area contributed by atoms with Crippen molar-refractivity contribution >= 4 is 20.9 Å². The van der Waals surface area contributed by atoms with Gasteiger partial charge in [0, 0.05) is 29.2 Å². The van der Waals surface area contributed by atoms with Crippen molar-refractivity contribution in [3.63, 3.8) is 0 Å². The van der Waals surface area contributed by atoms with Crippen LogP contribution in [0.1, 0.15) is 180 Å². The molecule has 0 fully saturated rings. The molecular weight excluding hydrogens is 675 g/mol. The van der Waals surface area contributed by atoms with Crippen molar-refractivity contribution in [1.29, 1.82) is 0 Å². The van der Waals surface area contributed by atoms with E-state index in [1.165, 1.54) is 172 Å². The number of aryl methyl sites for hydroxylation is 1. The van der Waals surface area contributed by atoms with E-state index in [1.54, 1.807) is 29.3 Å². The molecule has 0 atom stereocenters. The van der Waals surface area contributed by atoms with E-state index in [0.717, 1.165) is 4.48 Å². The molecule has 0 bridgehead atoms. The Labute approximate surface area is 326 Å². The van der Waals surface area contributed by atoms with Crippen molar-refractivity contribution in [3.05, 3.63) is 71.8 Å². The van der Waals surface area contributed by atoms with E-state index in [1.807, 2.05) is 0 Å². The van der Waals surface area contributed by atoms with Gasteiger partial charge in [-0.15, -0.1) is 0 Å². The molecule has 0 aliphatic heterocycles. The predicted octanol–water partition coefficient (Wildman–Crippen LogP) is 14.0. The molecule has 6 heteroatoms. The SMILES string of the molecule is CCCCCCCCCCCCCCCC[N+](C)(C)C(CCCC)(CCCC)c1ccccc1CCCC.O=S(=O)(O)c1ccc(O)c2ccccc12. The van der Waals surface area contributed by atoms with Crippen LogP contribution in [0.25, 0.3) is 10.8 Å². The van der Waals surface area contributed by atoms with Crippen molar-refractivity contribution in [2.75, 3.05) is 20.6 Å². The zero-order valence-electron chi connectivity index (χ0n) is 34.8. The highest BCUT2D eigenvalue weighted by molar-refractivity contribution is 7.86. The van der Waals surface area contributed by atoms with Gasteiger partial charge in [-0.3, -0.25) is 4.55 Å². The largest absolute Gasteiger partial charge is 0.507 e. The Bertz CT molecular complexity index is 1510. The lowest BCUT2D eigenvalue weighted by Crippen LogP contribution is -2.58. The Morgan fingerprint density at radius 1 is 0.547 bits per heavy atom. The first-order chi connectivity index (χ1) is 25.5.